The van der Waals surface area contributed by atoms with E-state index in [0.29, 0.717) is 13.0 Å². The molecular formula is C15H20O6ReS-2. The summed E-state index contributed by atoms with van der Waals surface area (Å²) in [5.74, 6) is -1.25. The number of carboxylic acid groups (broad SMARTS) is 1. The minimum atomic E-state index is -2.00. The average Bonchev–Trinajstić information content (AvgIpc) is 2.45. The zero-order chi connectivity index (χ0) is 16.8. The number of carbonyl (C=O) groups is 2. The van der Waals surface area contributed by atoms with E-state index in [-0.39, 0.29) is 51.4 Å². The van der Waals surface area contributed by atoms with Gasteiger partial charge in [0, 0.05) is 26.2 Å². The molecule has 1 atom stereocenters. The third kappa shape index (κ3) is 17.3. The molecule has 0 heterocycles. The molecule has 1 radical (unpaired) electrons. The largest absolute Gasteiger partial charge is 0.772 e. The minimum absolute atomic E-state index is 0. The molecule has 0 fully saturated rings. The first-order chi connectivity index (χ1) is 10.5. The molecule has 8 heteroatoms. The standard InChI is InChI=1S/C9H12O3S.C6H9O3.Re/c10-13(11)7-6-12-8-9-4-2-1-3-5-9;1-2-3-5(7)4-6(8)9;/h1-5H,6-8H2,(H,10,11);1-4H2,(H,8,9);/q;-1;/p-1. The van der Waals surface area contributed by atoms with Crippen LogP contribution in [0, 0.1) is 6.92 Å². The van der Waals surface area contributed by atoms with Gasteiger partial charge in [0.05, 0.1) is 13.2 Å². The summed E-state index contributed by atoms with van der Waals surface area (Å²) >= 11 is -2.00. The van der Waals surface area contributed by atoms with E-state index in [9.17, 15) is 18.4 Å². The van der Waals surface area contributed by atoms with Crippen LogP contribution in [0.25, 0.3) is 0 Å². The predicted octanol–water partition coefficient (Wildman–Crippen LogP) is 1.72. The summed E-state index contributed by atoms with van der Waals surface area (Å²) in [5, 5.41) is 8.07. The maximum atomic E-state index is 10.4. The fourth-order valence-corrected chi connectivity index (χ4v) is 1.60. The van der Waals surface area contributed by atoms with Gasteiger partial charge in [0.2, 0.25) is 0 Å². The van der Waals surface area contributed by atoms with Crippen LogP contribution in [-0.2, 0) is 52.4 Å². The second-order valence-electron chi connectivity index (χ2n) is 4.26. The Morgan fingerprint density at radius 1 is 1.26 bits per heavy atom. The summed E-state index contributed by atoms with van der Waals surface area (Å²) in [6.07, 6.45) is 0.383. The van der Waals surface area contributed by atoms with Gasteiger partial charge in [-0.3, -0.25) is 13.8 Å². The van der Waals surface area contributed by atoms with Crippen LogP contribution in [0.1, 0.15) is 24.8 Å². The van der Waals surface area contributed by atoms with E-state index in [1.807, 2.05) is 30.3 Å². The van der Waals surface area contributed by atoms with E-state index in [1.165, 1.54) is 0 Å². The molecule has 0 spiro atoms. The van der Waals surface area contributed by atoms with E-state index in [4.69, 9.17) is 9.84 Å². The van der Waals surface area contributed by atoms with E-state index in [2.05, 4.69) is 6.92 Å². The summed E-state index contributed by atoms with van der Waals surface area (Å²) in [4.78, 5) is 20.3. The Labute approximate surface area is 152 Å². The van der Waals surface area contributed by atoms with Crippen molar-refractivity contribution in [3.8, 4) is 0 Å². The quantitative estimate of drug-likeness (QED) is 0.233. The Morgan fingerprint density at radius 3 is 2.35 bits per heavy atom. The number of benzene rings is 1. The molecule has 1 rings (SSSR count). The number of ether oxygens (including phenoxy) is 1. The number of carbonyl (C=O) groups excluding carboxylic acids is 1. The fourth-order valence-electron chi connectivity index (χ4n) is 1.35. The second-order valence-corrected chi connectivity index (χ2v) is 5.27. The molecule has 0 aliphatic carbocycles. The van der Waals surface area contributed by atoms with Gasteiger partial charge in [-0.15, -0.1) is 0 Å². The summed E-state index contributed by atoms with van der Waals surface area (Å²) in [6, 6.07) is 9.65. The summed E-state index contributed by atoms with van der Waals surface area (Å²) in [7, 11) is 0. The first-order valence-electron chi connectivity index (χ1n) is 6.66. The van der Waals surface area contributed by atoms with Crippen molar-refractivity contribution in [1.82, 2.24) is 0 Å². The van der Waals surface area contributed by atoms with Crippen LogP contribution >= 0.6 is 0 Å². The van der Waals surface area contributed by atoms with Crippen molar-refractivity contribution in [2.75, 3.05) is 12.4 Å². The molecule has 0 saturated heterocycles. The maximum absolute atomic E-state index is 10.4. The Morgan fingerprint density at radius 2 is 1.87 bits per heavy atom. The van der Waals surface area contributed by atoms with Crippen LogP contribution in [0.15, 0.2) is 30.3 Å². The van der Waals surface area contributed by atoms with Gasteiger partial charge in [0.25, 0.3) is 0 Å². The number of Topliss-reactive ketones (excluding diaryl/α,β-unsaturated/α-hetero) is 1. The van der Waals surface area contributed by atoms with Gasteiger partial charge in [-0.2, -0.15) is 6.42 Å². The van der Waals surface area contributed by atoms with Crippen molar-refractivity contribution < 1.29 is 48.6 Å². The monoisotopic (exact) mass is 515 g/mol. The molecule has 1 unspecified atom stereocenters. The van der Waals surface area contributed by atoms with Crippen molar-refractivity contribution in [1.29, 1.82) is 0 Å². The molecule has 1 aromatic carbocycles. The molecule has 0 aliphatic heterocycles. The number of rotatable bonds is 9. The number of hydrogen-bond acceptors (Lipinski definition) is 5. The SMILES string of the molecule is O=S([O-])CCOCc1ccccc1.[CH2-]CCC(=O)CC(=O)O.[Re]. The Hall–Kier alpha value is -0.908. The Balaban J connectivity index is 0. The van der Waals surface area contributed by atoms with Crippen molar-refractivity contribution in [3.63, 3.8) is 0 Å². The molecule has 0 saturated carbocycles. The van der Waals surface area contributed by atoms with Crippen LogP contribution in [0.2, 0.25) is 0 Å². The third-order valence-corrected chi connectivity index (χ3v) is 2.81. The van der Waals surface area contributed by atoms with Gasteiger partial charge in [-0.1, -0.05) is 41.4 Å². The first-order valence-corrected chi connectivity index (χ1v) is 7.90. The molecule has 0 aliphatic rings. The average molecular weight is 515 g/mol. The maximum Gasteiger partial charge on any atom is 0.310 e. The minimum Gasteiger partial charge on any atom is -0.772 e. The Bertz CT molecular complexity index is 466. The summed E-state index contributed by atoms with van der Waals surface area (Å²) < 4.78 is 25.4. The van der Waals surface area contributed by atoms with Crippen molar-refractivity contribution >= 4 is 22.8 Å². The van der Waals surface area contributed by atoms with Crippen molar-refractivity contribution in [2.45, 2.75) is 25.9 Å². The van der Waals surface area contributed by atoms with Gasteiger partial charge < -0.3 is 21.3 Å². The topological polar surface area (TPSA) is 104 Å². The molecule has 1 N–H and O–H groups in total. The third-order valence-electron chi connectivity index (χ3n) is 2.31. The molecule has 0 aromatic heterocycles. The summed E-state index contributed by atoms with van der Waals surface area (Å²) in [5.41, 5.74) is 1.05. The van der Waals surface area contributed by atoms with E-state index in [1.54, 1.807) is 0 Å². The van der Waals surface area contributed by atoms with Crippen LogP contribution in [0.3, 0.4) is 0 Å². The number of aliphatic carboxylic acids is 1. The van der Waals surface area contributed by atoms with Gasteiger partial charge in [-0.05, 0) is 12.0 Å². The fraction of sp³-hybridized carbons (Fsp3) is 0.400. The van der Waals surface area contributed by atoms with Crippen molar-refractivity contribution in [2.24, 2.45) is 0 Å². The zero-order valence-electron chi connectivity index (χ0n) is 12.6. The van der Waals surface area contributed by atoms with E-state index < -0.39 is 17.0 Å². The first kappa shape index (κ1) is 24.3. The van der Waals surface area contributed by atoms with Gasteiger partial charge in [0.15, 0.2) is 0 Å². The van der Waals surface area contributed by atoms with Crippen LogP contribution in [0.5, 0.6) is 0 Å². The molecular weight excluding hydrogens is 494 g/mol. The molecule has 1 aromatic rings. The van der Waals surface area contributed by atoms with E-state index in [0.717, 1.165) is 5.56 Å². The molecule has 131 valence electrons. The normalized spacial score (nSPS) is 10.7. The van der Waals surface area contributed by atoms with Gasteiger partial charge in [0.1, 0.15) is 12.2 Å². The smallest absolute Gasteiger partial charge is 0.310 e. The molecule has 0 amide bonds. The predicted molar refractivity (Wildman–Crippen MR) is 81.7 cm³/mol. The van der Waals surface area contributed by atoms with Crippen molar-refractivity contribution in [3.05, 3.63) is 42.8 Å². The number of carboxylic acids is 1. The van der Waals surface area contributed by atoms with E-state index >= 15 is 0 Å². The molecule has 23 heavy (non-hydrogen) atoms. The van der Waals surface area contributed by atoms with Crippen LogP contribution in [-0.4, -0.2) is 38.0 Å². The van der Waals surface area contributed by atoms with Gasteiger partial charge >= 0.3 is 5.97 Å². The molecule has 0 bridgehead atoms. The summed E-state index contributed by atoms with van der Waals surface area (Å²) in [6.45, 7) is 4.14. The van der Waals surface area contributed by atoms with Gasteiger partial charge in [-0.25, -0.2) is 0 Å². The number of ketones is 1. The van der Waals surface area contributed by atoms with Crippen LogP contribution < -0.4 is 0 Å². The zero-order valence-corrected chi connectivity index (χ0v) is 16.1. The molecule has 6 nitrogen and oxygen atoms in total. The Kier molecular flexibility index (Phi) is 16.9. The number of hydrogen-bond donors (Lipinski definition) is 1. The second kappa shape index (κ2) is 16.0. The van der Waals surface area contributed by atoms with Crippen LogP contribution in [0.4, 0.5) is 0 Å².